The van der Waals surface area contributed by atoms with Crippen LogP contribution in [0.3, 0.4) is 0 Å². The number of thiophene rings is 1. The molecule has 2 N–H and O–H groups in total. The number of aliphatic hydroxyl groups is 1. The Bertz CT molecular complexity index is 531. The minimum Gasteiger partial charge on any atom is -0.396 e. The van der Waals surface area contributed by atoms with E-state index in [1.165, 1.54) is 11.3 Å². The van der Waals surface area contributed by atoms with Gasteiger partial charge in [0.25, 0.3) is 5.91 Å². The average molecular weight is 261 g/mol. The molecule has 94 valence electrons. The number of rotatable bonds is 4. The third-order valence-electron chi connectivity index (χ3n) is 2.58. The van der Waals surface area contributed by atoms with Gasteiger partial charge in [-0.15, -0.1) is 11.3 Å². The average Bonchev–Trinajstić information content (AvgIpc) is 2.79. The zero-order valence-electron chi connectivity index (χ0n) is 10.1. The number of aliphatic hydroxyl groups excluding tert-OH is 1. The molecule has 0 fully saturated rings. The molecule has 0 aliphatic carbocycles. The Labute approximate surface area is 110 Å². The summed E-state index contributed by atoms with van der Waals surface area (Å²) in [6.45, 7) is 2.12. The molecule has 18 heavy (non-hydrogen) atoms. The number of carbonyl (C=O) groups excluding carboxylic acids is 1. The second-order valence-electron chi connectivity index (χ2n) is 4.03. The molecule has 2 rings (SSSR count). The zero-order chi connectivity index (χ0) is 13.0. The zero-order valence-corrected chi connectivity index (χ0v) is 11.0. The molecule has 4 heteroatoms. The summed E-state index contributed by atoms with van der Waals surface area (Å²) in [6.07, 6.45) is 0.637. The van der Waals surface area contributed by atoms with Gasteiger partial charge in [0, 0.05) is 17.2 Å². The highest BCUT2D eigenvalue weighted by Gasteiger charge is 2.07. The molecule has 0 aliphatic rings. The van der Waals surface area contributed by atoms with Crippen LogP contribution < -0.4 is 5.32 Å². The quantitative estimate of drug-likeness (QED) is 0.889. The first-order chi connectivity index (χ1) is 8.69. The van der Waals surface area contributed by atoms with Crippen molar-refractivity contribution in [2.45, 2.75) is 13.3 Å². The minimum absolute atomic E-state index is 0.0805. The summed E-state index contributed by atoms with van der Waals surface area (Å²) < 4.78 is 0. The third kappa shape index (κ3) is 3.18. The number of aryl methyl sites for hydroxylation is 1. The molecule has 1 aromatic heterocycles. The van der Waals surface area contributed by atoms with Gasteiger partial charge in [0.1, 0.15) is 0 Å². The van der Waals surface area contributed by atoms with Gasteiger partial charge in [0.2, 0.25) is 0 Å². The van der Waals surface area contributed by atoms with Crippen molar-refractivity contribution in [2.24, 2.45) is 0 Å². The maximum atomic E-state index is 11.9. The summed E-state index contributed by atoms with van der Waals surface area (Å²) in [6, 6.07) is 11.3. The fraction of sp³-hybridized carbons (Fsp3) is 0.214. The lowest BCUT2D eigenvalue weighted by atomic mass is 10.1. The van der Waals surface area contributed by atoms with Crippen LogP contribution in [0.4, 0.5) is 5.69 Å². The highest BCUT2D eigenvalue weighted by atomic mass is 32.1. The van der Waals surface area contributed by atoms with Gasteiger partial charge in [-0.1, -0.05) is 12.1 Å². The predicted octanol–water partition coefficient (Wildman–Crippen LogP) is 2.84. The van der Waals surface area contributed by atoms with Crippen molar-refractivity contribution in [1.82, 2.24) is 0 Å². The Balaban J connectivity index is 2.03. The molecule has 0 unspecified atom stereocenters. The Morgan fingerprint density at radius 3 is 2.50 bits per heavy atom. The molecule has 0 saturated carbocycles. The standard InChI is InChI=1S/C14H15NO2S/c1-10-2-7-13(18-10)14(17)15-12-5-3-11(4-6-12)8-9-16/h2-7,16H,8-9H2,1H3,(H,15,17). The van der Waals surface area contributed by atoms with Crippen LogP contribution in [0, 0.1) is 6.92 Å². The van der Waals surface area contributed by atoms with E-state index < -0.39 is 0 Å². The van der Waals surface area contributed by atoms with Crippen molar-refractivity contribution in [2.75, 3.05) is 11.9 Å². The smallest absolute Gasteiger partial charge is 0.265 e. The summed E-state index contributed by atoms with van der Waals surface area (Å²) in [4.78, 5) is 13.7. The summed E-state index contributed by atoms with van der Waals surface area (Å²) in [5.74, 6) is -0.0805. The van der Waals surface area contributed by atoms with Gasteiger partial charge in [-0.3, -0.25) is 4.79 Å². The molecule has 2 aromatic rings. The van der Waals surface area contributed by atoms with E-state index in [1.54, 1.807) is 0 Å². The lowest BCUT2D eigenvalue weighted by molar-refractivity contribution is 0.103. The topological polar surface area (TPSA) is 49.3 Å². The second kappa shape index (κ2) is 5.80. The first-order valence-corrected chi connectivity index (χ1v) is 6.58. The SMILES string of the molecule is Cc1ccc(C(=O)Nc2ccc(CCO)cc2)s1. The van der Waals surface area contributed by atoms with E-state index in [-0.39, 0.29) is 12.5 Å². The lowest BCUT2D eigenvalue weighted by Gasteiger charge is -2.04. The van der Waals surface area contributed by atoms with Gasteiger partial charge >= 0.3 is 0 Å². The van der Waals surface area contributed by atoms with E-state index in [0.717, 1.165) is 16.1 Å². The molecular weight excluding hydrogens is 246 g/mol. The van der Waals surface area contributed by atoms with Crippen molar-refractivity contribution in [3.05, 3.63) is 51.7 Å². The van der Waals surface area contributed by atoms with Gasteiger partial charge < -0.3 is 10.4 Å². The van der Waals surface area contributed by atoms with E-state index in [0.29, 0.717) is 11.3 Å². The number of hydrogen-bond acceptors (Lipinski definition) is 3. The van der Waals surface area contributed by atoms with Crippen molar-refractivity contribution in [1.29, 1.82) is 0 Å². The largest absolute Gasteiger partial charge is 0.396 e. The molecule has 0 spiro atoms. The third-order valence-corrected chi connectivity index (χ3v) is 3.58. The second-order valence-corrected chi connectivity index (χ2v) is 5.32. The van der Waals surface area contributed by atoms with Crippen LogP contribution in [0.5, 0.6) is 0 Å². The lowest BCUT2D eigenvalue weighted by Crippen LogP contribution is -2.09. The number of amides is 1. The van der Waals surface area contributed by atoms with Crippen LogP contribution in [-0.4, -0.2) is 17.6 Å². The van der Waals surface area contributed by atoms with Crippen LogP contribution in [0.1, 0.15) is 20.1 Å². The van der Waals surface area contributed by atoms with E-state index in [4.69, 9.17) is 5.11 Å². The van der Waals surface area contributed by atoms with Gasteiger partial charge in [-0.05, 0) is 43.2 Å². The van der Waals surface area contributed by atoms with Crippen molar-refractivity contribution < 1.29 is 9.90 Å². The molecule has 0 radical (unpaired) electrons. The number of benzene rings is 1. The molecule has 1 amide bonds. The molecule has 3 nitrogen and oxygen atoms in total. The monoisotopic (exact) mass is 261 g/mol. The highest BCUT2D eigenvalue weighted by Crippen LogP contribution is 2.17. The Kier molecular flexibility index (Phi) is 4.12. The maximum absolute atomic E-state index is 11.9. The molecular formula is C14H15NO2S. The first-order valence-electron chi connectivity index (χ1n) is 5.76. The summed E-state index contributed by atoms with van der Waals surface area (Å²) in [5.41, 5.74) is 1.83. The van der Waals surface area contributed by atoms with Gasteiger partial charge in [0.15, 0.2) is 0 Å². The minimum atomic E-state index is -0.0805. The normalized spacial score (nSPS) is 10.3. The number of hydrogen-bond donors (Lipinski definition) is 2. The van der Waals surface area contributed by atoms with Crippen LogP contribution >= 0.6 is 11.3 Å². The Morgan fingerprint density at radius 2 is 1.94 bits per heavy atom. The fourth-order valence-corrected chi connectivity index (χ4v) is 2.40. The summed E-state index contributed by atoms with van der Waals surface area (Å²) >= 11 is 1.48. The highest BCUT2D eigenvalue weighted by molar-refractivity contribution is 7.14. The number of nitrogens with one attached hydrogen (secondary N) is 1. The van der Waals surface area contributed by atoms with Gasteiger partial charge in [0.05, 0.1) is 4.88 Å². The van der Waals surface area contributed by atoms with Gasteiger partial charge in [-0.25, -0.2) is 0 Å². The molecule has 0 atom stereocenters. The Hall–Kier alpha value is -1.65. The predicted molar refractivity (Wildman–Crippen MR) is 74.2 cm³/mol. The van der Waals surface area contributed by atoms with Crippen molar-refractivity contribution in [3.8, 4) is 0 Å². The van der Waals surface area contributed by atoms with Crippen molar-refractivity contribution >= 4 is 22.9 Å². The van der Waals surface area contributed by atoms with Gasteiger partial charge in [-0.2, -0.15) is 0 Å². The van der Waals surface area contributed by atoms with Crippen LogP contribution in [0.15, 0.2) is 36.4 Å². The summed E-state index contributed by atoms with van der Waals surface area (Å²) in [5, 5.41) is 11.7. The van der Waals surface area contributed by atoms with E-state index >= 15 is 0 Å². The van der Waals surface area contributed by atoms with E-state index in [2.05, 4.69) is 5.32 Å². The van der Waals surface area contributed by atoms with Crippen LogP contribution in [-0.2, 0) is 6.42 Å². The molecule has 1 heterocycles. The molecule has 1 aromatic carbocycles. The Morgan fingerprint density at radius 1 is 1.22 bits per heavy atom. The van der Waals surface area contributed by atoms with E-state index in [9.17, 15) is 4.79 Å². The number of carbonyl (C=O) groups is 1. The number of anilines is 1. The van der Waals surface area contributed by atoms with E-state index in [1.807, 2.05) is 43.3 Å². The van der Waals surface area contributed by atoms with Crippen molar-refractivity contribution in [3.63, 3.8) is 0 Å². The molecule has 0 saturated heterocycles. The molecule has 0 bridgehead atoms. The summed E-state index contributed by atoms with van der Waals surface area (Å²) in [7, 11) is 0. The molecule has 0 aliphatic heterocycles. The van der Waals surface area contributed by atoms with Crippen LogP contribution in [0.2, 0.25) is 0 Å². The first kappa shape index (κ1) is 12.8. The maximum Gasteiger partial charge on any atom is 0.265 e. The fourth-order valence-electron chi connectivity index (χ4n) is 1.63. The van der Waals surface area contributed by atoms with Crippen LogP contribution in [0.25, 0.3) is 0 Å².